The van der Waals surface area contributed by atoms with Crippen molar-refractivity contribution in [3.63, 3.8) is 0 Å². The molecule has 1 aliphatic rings. The van der Waals surface area contributed by atoms with Crippen LogP contribution in [-0.2, 0) is 0 Å². The summed E-state index contributed by atoms with van der Waals surface area (Å²) in [7, 11) is 0. The van der Waals surface area contributed by atoms with Gasteiger partial charge < -0.3 is 15.1 Å². The van der Waals surface area contributed by atoms with E-state index in [9.17, 15) is 9.18 Å². The van der Waals surface area contributed by atoms with Crippen LogP contribution in [0.4, 0.5) is 4.39 Å². The highest BCUT2D eigenvalue weighted by Crippen LogP contribution is 2.22. The summed E-state index contributed by atoms with van der Waals surface area (Å²) in [5.74, 6) is 0.820. The van der Waals surface area contributed by atoms with Gasteiger partial charge in [-0.25, -0.2) is 4.39 Å². The number of rotatable bonds is 4. The van der Waals surface area contributed by atoms with E-state index in [4.69, 9.17) is 4.42 Å². The fraction of sp³-hybridized carbons (Fsp3) is 0.267. The Kier molecular flexibility index (Phi) is 4.98. The van der Waals surface area contributed by atoms with Crippen molar-refractivity contribution in [1.82, 2.24) is 10.6 Å². The van der Waals surface area contributed by atoms with Gasteiger partial charge >= 0.3 is 0 Å². The number of carbonyl (C=O) groups excluding carboxylic acids is 1. The Morgan fingerprint density at radius 1 is 1.24 bits per heavy atom. The number of hydrogen-bond donors (Lipinski definition) is 2. The van der Waals surface area contributed by atoms with E-state index in [2.05, 4.69) is 10.6 Å². The Labute approximate surface area is 128 Å². The van der Waals surface area contributed by atoms with Crippen molar-refractivity contribution < 1.29 is 13.6 Å². The molecule has 2 N–H and O–H groups in total. The van der Waals surface area contributed by atoms with E-state index in [1.54, 1.807) is 24.3 Å². The summed E-state index contributed by atoms with van der Waals surface area (Å²) in [6, 6.07) is 9.31. The van der Waals surface area contributed by atoms with Crippen LogP contribution >= 0.6 is 12.4 Å². The Balaban J connectivity index is 0.00000161. The molecule has 1 aliphatic heterocycles. The summed E-state index contributed by atoms with van der Waals surface area (Å²) in [4.78, 5) is 11.9. The van der Waals surface area contributed by atoms with E-state index in [1.165, 1.54) is 12.1 Å². The van der Waals surface area contributed by atoms with Crippen LogP contribution in [-0.4, -0.2) is 25.5 Å². The van der Waals surface area contributed by atoms with Crippen LogP contribution in [0.15, 0.2) is 40.8 Å². The van der Waals surface area contributed by atoms with Gasteiger partial charge in [-0.3, -0.25) is 4.79 Å². The van der Waals surface area contributed by atoms with E-state index in [0.717, 1.165) is 18.7 Å². The predicted octanol–water partition coefficient (Wildman–Crippen LogP) is 2.46. The molecule has 1 aromatic carbocycles. The summed E-state index contributed by atoms with van der Waals surface area (Å²) in [5.41, 5.74) is 0.744. The van der Waals surface area contributed by atoms with Crippen LogP contribution in [0, 0.1) is 11.7 Å². The zero-order valence-electron chi connectivity index (χ0n) is 11.3. The average molecular weight is 311 g/mol. The number of furan rings is 1. The molecule has 3 rings (SSSR count). The molecular weight excluding hydrogens is 295 g/mol. The van der Waals surface area contributed by atoms with E-state index >= 15 is 0 Å². The fourth-order valence-corrected chi connectivity index (χ4v) is 2.05. The molecule has 4 nitrogen and oxygen atoms in total. The Bertz CT molecular complexity index is 608. The molecule has 2 heterocycles. The second kappa shape index (κ2) is 6.74. The first-order chi connectivity index (χ1) is 9.72. The van der Waals surface area contributed by atoms with Gasteiger partial charge in [-0.1, -0.05) is 0 Å². The van der Waals surface area contributed by atoms with Gasteiger partial charge in [0.15, 0.2) is 5.76 Å². The van der Waals surface area contributed by atoms with E-state index in [-0.39, 0.29) is 29.9 Å². The number of amides is 1. The van der Waals surface area contributed by atoms with Crippen LogP contribution < -0.4 is 10.6 Å². The molecule has 1 aromatic heterocycles. The maximum Gasteiger partial charge on any atom is 0.287 e. The molecule has 1 saturated heterocycles. The standard InChI is InChI=1S/C15H15FN2O2.ClH/c16-12-3-1-11(2-4-12)13-5-6-14(20-13)15(19)18-9-10-7-17-8-10;/h1-6,10,17H,7-9H2,(H,18,19);1H. The summed E-state index contributed by atoms with van der Waals surface area (Å²) >= 11 is 0. The molecule has 0 spiro atoms. The minimum absolute atomic E-state index is 0. The summed E-state index contributed by atoms with van der Waals surface area (Å²) in [6.07, 6.45) is 0. The average Bonchev–Trinajstić information content (AvgIpc) is 2.87. The van der Waals surface area contributed by atoms with Crippen molar-refractivity contribution >= 4 is 18.3 Å². The lowest BCUT2D eigenvalue weighted by molar-refractivity contribution is 0.0915. The Morgan fingerprint density at radius 3 is 2.57 bits per heavy atom. The van der Waals surface area contributed by atoms with Gasteiger partial charge in [0.25, 0.3) is 5.91 Å². The number of benzene rings is 1. The van der Waals surface area contributed by atoms with Gasteiger partial charge in [0.1, 0.15) is 11.6 Å². The van der Waals surface area contributed by atoms with Gasteiger partial charge in [0, 0.05) is 31.1 Å². The number of carbonyl (C=O) groups is 1. The first-order valence-electron chi connectivity index (χ1n) is 6.57. The molecule has 0 saturated carbocycles. The molecule has 0 atom stereocenters. The number of hydrogen-bond acceptors (Lipinski definition) is 3. The molecule has 2 aromatic rings. The van der Waals surface area contributed by atoms with Crippen molar-refractivity contribution in [1.29, 1.82) is 0 Å². The van der Waals surface area contributed by atoms with Crippen molar-refractivity contribution in [2.45, 2.75) is 0 Å². The maximum atomic E-state index is 12.9. The van der Waals surface area contributed by atoms with E-state index < -0.39 is 0 Å². The van der Waals surface area contributed by atoms with E-state index in [0.29, 0.717) is 18.2 Å². The van der Waals surface area contributed by atoms with Gasteiger partial charge in [0.05, 0.1) is 0 Å². The minimum atomic E-state index is -0.299. The van der Waals surface area contributed by atoms with Gasteiger partial charge in [-0.15, -0.1) is 12.4 Å². The van der Waals surface area contributed by atoms with Crippen LogP contribution in [0.2, 0.25) is 0 Å². The molecule has 6 heteroatoms. The first-order valence-corrected chi connectivity index (χ1v) is 6.57. The molecule has 112 valence electrons. The topological polar surface area (TPSA) is 54.3 Å². The van der Waals surface area contributed by atoms with Crippen molar-refractivity contribution in [2.75, 3.05) is 19.6 Å². The molecule has 0 bridgehead atoms. The predicted molar refractivity (Wildman–Crippen MR) is 80.0 cm³/mol. The molecule has 1 fully saturated rings. The van der Waals surface area contributed by atoms with Gasteiger partial charge in [-0.2, -0.15) is 0 Å². The monoisotopic (exact) mass is 310 g/mol. The molecule has 0 unspecified atom stereocenters. The van der Waals surface area contributed by atoms with Gasteiger partial charge in [0.2, 0.25) is 0 Å². The fourth-order valence-electron chi connectivity index (χ4n) is 2.05. The SMILES string of the molecule is Cl.O=C(NCC1CNC1)c1ccc(-c2ccc(F)cc2)o1. The molecule has 0 radical (unpaired) electrons. The van der Waals surface area contributed by atoms with Gasteiger partial charge in [-0.05, 0) is 36.4 Å². The van der Waals surface area contributed by atoms with Crippen molar-refractivity contribution in [3.05, 3.63) is 48.0 Å². The van der Waals surface area contributed by atoms with Crippen LogP contribution in [0.3, 0.4) is 0 Å². The lowest BCUT2D eigenvalue weighted by Gasteiger charge is -2.26. The summed E-state index contributed by atoms with van der Waals surface area (Å²) in [5, 5.41) is 5.99. The minimum Gasteiger partial charge on any atom is -0.451 e. The highest BCUT2D eigenvalue weighted by atomic mass is 35.5. The highest BCUT2D eigenvalue weighted by molar-refractivity contribution is 5.92. The summed E-state index contributed by atoms with van der Waals surface area (Å²) < 4.78 is 18.4. The molecule has 21 heavy (non-hydrogen) atoms. The molecule has 0 aliphatic carbocycles. The van der Waals surface area contributed by atoms with Crippen LogP contribution in [0.25, 0.3) is 11.3 Å². The largest absolute Gasteiger partial charge is 0.451 e. The van der Waals surface area contributed by atoms with Crippen molar-refractivity contribution in [2.24, 2.45) is 5.92 Å². The quantitative estimate of drug-likeness (QED) is 0.912. The number of halogens is 2. The second-order valence-electron chi connectivity index (χ2n) is 4.91. The maximum absolute atomic E-state index is 12.9. The third-order valence-corrected chi connectivity index (χ3v) is 3.38. The number of nitrogens with one attached hydrogen (secondary N) is 2. The van der Waals surface area contributed by atoms with Crippen LogP contribution in [0.1, 0.15) is 10.6 Å². The molecule has 1 amide bonds. The van der Waals surface area contributed by atoms with Crippen LogP contribution in [0.5, 0.6) is 0 Å². The Hall–Kier alpha value is -1.85. The zero-order chi connectivity index (χ0) is 13.9. The zero-order valence-corrected chi connectivity index (χ0v) is 12.1. The summed E-state index contributed by atoms with van der Waals surface area (Å²) in [6.45, 7) is 2.54. The third-order valence-electron chi connectivity index (χ3n) is 3.38. The second-order valence-corrected chi connectivity index (χ2v) is 4.91. The Morgan fingerprint density at radius 2 is 1.95 bits per heavy atom. The van der Waals surface area contributed by atoms with Crippen molar-refractivity contribution in [3.8, 4) is 11.3 Å². The lowest BCUT2D eigenvalue weighted by atomic mass is 10.0. The lowest BCUT2D eigenvalue weighted by Crippen LogP contribution is -2.48. The highest BCUT2D eigenvalue weighted by Gasteiger charge is 2.19. The smallest absolute Gasteiger partial charge is 0.287 e. The first kappa shape index (κ1) is 15.5. The normalized spacial score (nSPS) is 14.1. The molecular formula is C15H16ClFN2O2. The van der Waals surface area contributed by atoms with E-state index in [1.807, 2.05) is 0 Å². The third kappa shape index (κ3) is 3.62.